The molecule has 152 valence electrons. The highest BCUT2D eigenvalue weighted by atomic mass is 35.5. The molecule has 1 aromatic heterocycles. The van der Waals surface area contributed by atoms with Gasteiger partial charge in [-0.05, 0) is 59.7 Å². The minimum absolute atomic E-state index is 0.0220. The summed E-state index contributed by atoms with van der Waals surface area (Å²) in [6.45, 7) is 0. The lowest BCUT2D eigenvalue weighted by atomic mass is 9.87. The van der Waals surface area contributed by atoms with E-state index < -0.39 is 12.1 Å². The van der Waals surface area contributed by atoms with Crippen molar-refractivity contribution in [3.63, 3.8) is 0 Å². The van der Waals surface area contributed by atoms with E-state index in [1.807, 2.05) is 53.9 Å². The molecule has 5 heteroatoms. The zero-order valence-corrected chi connectivity index (χ0v) is 17.7. The normalized spacial score (nSPS) is 13.2. The first-order valence-electron chi connectivity index (χ1n) is 9.77. The van der Waals surface area contributed by atoms with Crippen LogP contribution in [0.1, 0.15) is 40.5 Å². The van der Waals surface area contributed by atoms with Gasteiger partial charge in [-0.15, -0.1) is 11.3 Å². The van der Waals surface area contributed by atoms with Crippen molar-refractivity contribution in [1.82, 2.24) is 0 Å². The lowest BCUT2D eigenvalue weighted by molar-refractivity contribution is -0.136. The van der Waals surface area contributed by atoms with Crippen molar-refractivity contribution in [3.05, 3.63) is 92.6 Å². The number of halogens is 1. The van der Waals surface area contributed by atoms with Gasteiger partial charge in [-0.25, -0.2) is 0 Å². The molecule has 3 aromatic rings. The molecular weight excluding hydrogens is 404 g/mol. The summed E-state index contributed by atoms with van der Waals surface area (Å²) >= 11 is 7.76. The molecule has 0 bridgehead atoms. The van der Waals surface area contributed by atoms with Crippen molar-refractivity contribution < 1.29 is 15.0 Å². The molecule has 0 aliphatic heterocycles. The Morgan fingerprint density at radius 1 is 0.966 bits per heavy atom. The van der Waals surface area contributed by atoms with Gasteiger partial charge >= 0.3 is 5.97 Å². The number of aliphatic hydroxyl groups excluding tert-OH is 1. The van der Waals surface area contributed by atoms with Crippen molar-refractivity contribution in [2.45, 2.75) is 38.2 Å². The molecule has 0 spiro atoms. The molecule has 2 aromatic carbocycles. The molecule has 3 rings (SSSR count). The third-order valence-corrected chi connectivity index (χ3v) is 6.55. The van der Waals surface area contributed by atoms with Crippen LogP contribution in [0.15, 0.2) is 66.0 Å². The van der Waals surface area contributed by atoms with Crippen molar-refractivity contribution in [2.24, 2.45) is 5.92 Å². The van der Waals surface area contributed by atoms with E-state index in [0.29, 0.717) is 5.02 Å². The lowest BCUT2D eigenvalue weighted by Crippen LogP contribution is -2.15. The molecule has 0 aliphatic carbocycles. The van der Waals surface area contributed by atoms with Gasteiger partial charge in [0.1, 0.15) is 0 Å². The van der Waals surface area contributed by atoms with Crippen LogP contribution in [-0.4, -0.2) is 16.2 Å². The van der Waals surface area contributed by atoms with Gasteiger partial charge in [0, 0.05) is 0 Å². The van der Waals surface area contributed by atoms with Crippen LogP contribution in [0.5, 0.6) is 0 Å². The van der Waals surface area contributed by atoms with E-state index in [-0.39, 0.29) is 12.3 Å². The largest absolute Gasteiger partial charge is 0.481 e. The molecule has 0 aliphatic rings. The Bertz CT molecular complexity index is 905. The number of rotatable bonds is 10. The van der Waals surface area contributed by atoms with Crippen LogP contribution in [0.25, 0.3) is 0 Å². The number of carboxylic acids is 1. The number of hydrogen-bond acceptors (Lipinski definition) is 3. The zero-order valence-electron chi connectivity index (χ0n) is 16.1. The Morgan fingerprint density at radius 2 is 1.66 bits per heavy atom. The Balaban J connectivity index is 1.69. The van der Waals surface area contributed by atoms with E-state index >= 15 is 0 Å². The summed E-state index contributed by atoms with van der Waals surface area (Å²) in [4.78, 5) is 11.7. The summed E-state index contributed by atoms with van der Waals surface area (Å²) in [6.07, 6.45) is 2.95. The van der Waals surface area contributed by atoms with Crippen molar-refractivity contribution in [2.75, 3.05) is 0 Å². The minimum Gasteiger partial charge on any atom is -0.481 e. The van der Waals surface area contributed by atoms with Crippen LogP contribution in [0, 0.1) is 5.92 Å². The van der Waals surface area contributed by atoms with Gasteiger partial charge in [0.15, 0.2) is 0 Å². The molecule has 0 saturated carbocycles. The maximum absolute atomic E-state index is 11.0. The van der Waals surface area contributed by atoms with Crippen LogP contribution in [0.4, 0.5) is 0 Å². The van der Waals surface area contributed by atoms with Gasteiger partial charge in [-0.2, -0.15) is 0 Å². The Labute approximate surface area is 180 Å². The predicted octanol–water partition coefficient (Wildman–Crippen LogP) is 5.94. The van der Waals surface area contributed by atoms with Gasteiger partial charge in [0.25, 0.3) is 0 Å². The van der Waals surface area contributed by atoms with E-state index in [0.717, 1.165) is 41.7 Å². The van der Waals surface area contributed by atoms with Crippen molar-refractivity contribution >= 4 is 28.9 Å². The number of aliphatic carboxylic acids is 1. The smallest absolute Gasteiger partial charge is 0.307 e. The lowest BCUT2D eigenvalue weighted by Gasteiger charge is -2.23. The molecule has 0 amide bonds. The number of hydrogen-bond donors (Lipinski definition) is 2. The van der Waals surface area contributed by atoms with Crippen molar-refractivity contribution in [1.29, 1.82) is 0 Å². The zero-order chi connectivity index (χ0) is 20.6. The van der Waals surface area contributed by atoms with Crippen LogP contribution in [-0.2, 0) is 24.1 Å². The monoisotopic (exact) mass is 428 g/mol. The Morgan fingerprint density at radius 3 is 2.28 bits per heavy atom. The number of aryl methyl sites for hydroxylation is 1. The second-order valence-corrected chi connectivity index (χ2v) is 8.66. The predicted molar refractivity (Wildman–Crippen MR) is 119 cm³/mol. The highest BCUT2D eigenvalue weighted by Crippen LogP contribution is 2.36. The summed E-state index contributed by atoms with van der Waals surface area (Å²) in [5.74, 6) is -0.792. The first kappa shape index (κ1) is 21.6. The first-order valence-corrected chi connectivity index (χ1v) is 11.0. The maximum atomic E-state index is 11.0. The van der Waals surface area contributed by atoms with E-state index in [9.17, 15) is 9.90 Å². The number of carboxylic acid groups (broad SMARTS) is 1. The van der Waals surface area contributed by atoms with E-state index in [1.54, 1.807) is 0 Å². The summed E-state index contributed by atoms with van der Waals surface area (Å²) < 4.78 is 0. The topological polar surface area (TPSA) is 57.5 Å². The number of aliphatic hydroxyl groups is 1. The fraction of sp³-hybridized carbons (Fsp3) is 0.292. The third kappa shape index (κ3) is 6.43. The van der Waals surface area contributed by atoms with Gasteiger partial charge in [-0.1, -0.05) is 66.2 Å². The van der Waals surface area contributed by atoms with E-state index in [2.05, 4.69) is 12.1 Å². The van der Waals surface area contributed by atoms with Gasteiger partial charge < -0.3 is 10.2 Å². The molecule has 2 unspecified atom stereocenters. The Hall–Kier alpha value is -2.14. The highest BCUT2D eigenvalue weighted by Gasteiger charge is 2.24. The average Bonchev–Trinajstić information content (AvgIpc) is 3.14. The molecule has 1 heterocycles. The summed E-state index contributed by atoms with van der Waals surface area (Å²) in [5.41, 5.74) is 3.17. The molecule has 3 nitrogen and oxygen atoms in total. The van der Waals surface area contributed by atoms with Crippen LogP contribution >= 0.6 is 22.9 Å². The quantitative estimate of drug-likeness (QED) is 0.420. The fourth-order valence-corrected chi connectivity index (χ4v) is 4.83. The summed E-state index contributed by atoms with van der Waals surface area (Å²) in [6, 6.07) is 19.8. The molecular formula is C24H25ClO3S. The average molecular weight is 429 g/mol. The molecule has 0 radical (unpaired) electrons. The number of benzene rings is 2. The molecule has 2 atom stereocenters. The Kier molecular flexibility index (Phi) is 7.87. The maximum Gasteiger partial charge on any atom is 0.307 e. The van der Waals surface area contributed by atoms with Crippen LogP contribution in [0.2, 0.25) is 5.02 Å². The van der Waals surface area contributed by atoms with Crippen molar-refractivity contribution in [3.8, 4) is 0 Å². The van der Waals surface area contributed by atoms with Gasteiger partial charge in [0.2, 0.25) is 0 Å². The summed E-state index contributed by atoms with van der Waals surface area (Å²) in [5, 5.41) is 22.5. The molecule has 0 fully saturated rings. The third-order valence-electron chi connectivity index (χ3n) is 5.12. The highest BCUT2D eigenvalue weighted by molar-refractivity contribution is 7.10. The number of carbonyl (C=O) groups is 1. The van der Waals surface area contributed by atoms with Crippen LogP contribution < -0.4 is 0 Å². The fourth-order valence-electron chi connectivity index (χ4n) is 3.59. The standard InChI is InChI=1S/C24H25ClO3S/c25-21-13-14-29-24(21)23(28)20(8-4-7-17-5-2-1-3-6-17)15-18-9-11-19(12-10-18)16-22(26)27/h1-3,5-6,9-14,20,23,28H,4,7-8,15-16H2,(H,26,27). The molecule has 0 saturated heterocycles. The minimum atomic E-state index is -0.834. The molecule has 29 heavy (non-hydrogen) atoms. The van der Waals surface area contributed by atoms with Crippen LogP contribution in [0.3, 0.4) is 0 Å². The van der Waals surface area contributed by atoms with Gasteiger partial charge in [0.05, 0.1) is 22.4 Å². The second-order valence-electron chi connectivity index (χ2n) is 7.31. The number of thiophene rings is 1. The van der Waals surface area contributed by atoms with E-state index in [1.165, 1.54) is 16.9 Å². The summed E-state index contributed by atoms with van der Waals surface area (Å²) in [7, 11) is 0. The second kappa shape index (κ2) is 10.6. The SMILES string of the molecule is O=C(O)Cc1ccc(CC(CCCc2ccccc2)C(O)c2sccc2Cl)cc1. The molecule has 2 N–H and O–H groups in total. The first-order chi connectivity index (χ1) is 14.0. The van der Waals surface area contributed by atoms with E-state index in [4.69, 9.17) is 16.7 Å². The van der Waals surface area contributed by atoms with Gasteiger partial charge in [-0.3, -0.25) is 4.79 Å².